The van der Waals surface area contributed by atoms with Crippen LogP contribution in [0.1, 0.15) is 18.1 Å². The molecule has 0 radical (unpaired) electrons. The number of aliphatic hydroxyl groups excluding tert-OH is 1. The summed E-state index contributed by atoms with van der Waals surface area (Å²) in [4.78, 5) is 10.7. The van der Waals surface area contributed by atoms with Crippen LogP contribution in [0.4, 0.5) is 0 Å². The highest BCUT2D eigenvalue weighted by atomic mass is 16.5. The topological polar surface area (TPSA) is 46.5 Å². The minimum Gasteiger partial charge on any atom is -0.466 e. The highest BCUT2D eigenvalue weighted by Crippen LogP contribution is 2.19. The van der Waals surface area contributed by atoms with Crippen molar-refractivity contribution in [1.29, 1.82) is 0 Å². The lowest BCUT2D eigenvalue weighted by Crippen LogP contribution is -2.03. The summed E-state index contributed by atoms with van der Waals surface area (Å²) < 4.78 is 4.96. The maximum Gasteiger partial charge on any atom is 0.302 e. The third-order valence-electron chi connectivity index (χ3n) is 4.82. The van der Waals surface area contributed by atoms with Gasteiger partial charge in [0.15, 0.2) is 0 Å². The summed E-state index contributed by atoms with van der Waals surface area (Å²) in [5.74, 6) is -0.222. The molecule has 0 bridgehead atoms. The van der Waals surface area contributed by atoms with E-state index in [1.54, 1.807) is 0 Å². The zero-order chi connectivity index (χ0) is 20.5. The second-order valence-electron chi connectivity index (χ2n) is 6.84. The third-order valence-corrected chi connectivity index (χ3v) is 4.82. The van der Waals surface area contributed by atoms with Crippen molar-refractivity contribution in [2.45, 2.75) is 19.8 Å². The highest BCUT2D eigenvalue weighted by Gasteiger charge is 2.01. The van der Waals surface area contributed by atoms with Crippen LogP contribution in [0, 0.1) is 0 Å². The number of hydrogen-bond acceptors (Lipinski definition) is 3. The Hall–Kier alpha value is -3.17. The maximum absolute atomic E-state index is 10.7. The summed E-state index contributed by atoms with van der Waals surface area (Å²) in [6.07, 6.45) is 1.50. The van der Waals surface area contributed by atoms with Gasteiger partial charge in [-0.05, 0) is 39.1 Å². The lowest BCUT2D eigenvalue weighted by molar-refractivity contribution is -0.140. The van der Waals surface area contributed by atoms with E-state index < -0.39 is 0 Å². The van der Waals surface area contributed by atoms with Crippen LogP contribution in [0.2, 0.25) is 0 Å². The summed E-state index contributed by atoms with van der Waals surface area (Å²) in [5, 5.41) is 13.8. The van der Waals surface area contributed by atoms with Gasteiger partial charge in [-0.25, -0.2) is 0 Å². The summed E-state index contributed by atoms with van der Waals surface area (Å²) in [7, 11) is 0. The predicted octanol–water partition coefficient (Wildman–Crippen LogP) is 5.32. The second kappa shape index (κ2) is 10.4. The van der Waals surface area contributed by atoms with Crippen LogP contribution in [0.15, 0.2) is 84.9 Å². The lowest BCUT2D eigenvalue weighted by atomic mass is 10.0. The molecule has 0 aliphatic carbocycles. The molecule has 0 saturated heterocycles. The molecule has 0 amide bonds. The molecule has 0 aromatic heterocycles. The van der Waals surface area contributed by atoms with Gasteiger partial charge in [0, 0.05) is 20.0 Å². The standard InChI is InChI=1S/C14H14O2.C12H12O/c1-11(15)16-10-9-13-7-4-6-12-5-2-3-8-14(12)13;13-9-8-11-6-3-5-10-4-1-2-7-12(10)11/h2-8H,9-10H2,1H3;1-7,13H,8-9H2. The van der Waals surface area contributed by atoms with Gasteiger partial charge in [-0.2, -0.15) is 0 Å². The van der Waals surface area contributed by atoms with E-state index in [9.17, 15) is 4.79 Å². The van der Waals surface area contributed by atoms with Crippen LogP contribution in [-0.4, -0.2) is 24.3 Å². The number of esters is 1. The fourth-order valence-corrected chi connectivity index (χ4v) is 3.45. The minimum atomic E-state index is -0.222. The first kappa shape index (κ1) is 20.6. The quantitative estimate of drug-likeness (QED) is 0.472. The average Bonchev–Trinajstić information content (AvgIpc) is 2.75. The summed E-state index contributed by atoms with van der Waals surface area (Å²) >= 11 is 0. The monoisotopic (exact) mass is 386 g/mol. The molecule has 4 aromatic carbocycles. The molecule has 0 saturated carbocycles. The van der Waals surface area contributed by atoms with Crippen molar-refractivity contribution in [1.82, 2.24) is 0 Å². The number of fused-ring (bicyclic) bond motifs is 2. The first-order valence-electron chi connectivity index (χ1n) is 9.86. The summed E-state index contributed by atoms with van der Waals surface area (Å²) in [5.41, 5.74) is 2.44. The molecular weight excluding hydrogens is 360 g/mol. The zero-order valence-electron chi connectivity index (χ0n) is 16.7. The van der Waals surface area contributed by atoms with Crippen molar-refractivity contribution in [3.8, 4) is 0 Å². The molecule has 148 valence electrons. The number of ether oxygens (including phenoxy) is 1. The third kappa shape index (κ3) is 5.66. The lowest BCUT2D eigenvalue weighted by Gasteiger charge is -2.06. The van der Waals surface area contributed by atoms with Crippen LogP contribution >= 0.6 is 0 Å². The smallest absolute Gasteiger partial charge is 0.302 e. The molecular formula is C26H26O3. The van der Waals surface area contributed by atoms with E-state index in [1.807, 2.05) is 36.4 Å². The average molecular weight is 386 g/mol. The molecule has 3 heteroatoms. The fourth-order valence-electron chi connectivity index (χ4n) is 3.45. The number of benzene rings is 4. The van der Waals surface area contributed by atoms with Crippen molar-refractivity contribution in [3.63, 3.8) is 0 Å². The van der Waals surface area contributed by atoms with Gasteiger partial charge in [-0.1, -0.05) is 84.9 Å². The summed E-state index contributed by atoms with van der Waals surface area (Å²) in [6, 6.07) is 28.9. The Morgan fingerprint density at radius 2 is 1.21 bits per heavy atom. The first-order chi connectivity index (χ1) is 14.2. The molecule has 29 heavy (non-hydrogen) atoms. The Morgan fingerprint density at radius 1 is 0.724 bits per heavy atom. The van der Waals surface area contributed by atoms with Crippen molar-refractivity contribution < 1.29 is 14.6 Å². The van der Waals surface area contributed by atoms with Gasteiger partial charge >= 0.3 is 5.97 Å². The van der Waals surface area contributed by atoms with Gasteiger partial charge in [0.2, 0.25) is 0 Å². The molecule has 0 unspecified atom stereocenters. The number of carbonyl (C=O) groups excluding carboxylic acids is 1. The Kier molecular flexibility index (Phi) is 7.37. The fraction of sp³-hybridized carbons (Fsp3) is 0.192. The van der Waals surface area contributed by atoms with Crippen LogP contribution in [0.25, 0.3) is 21.5 Å². The zero-order valence-corrected chi connectivity index (χ0v) is 16.7. The van der Waals surface area contributed by atoms with Crippen LogP contribution in [0.3, 0.4) is 0 Å². The normalized spacial score (nSPS) is 10.4. The second-order valence-corrected chi connectivity index (χ2v) is 6.84. The molecule has 1 N–H and O–H groups in total. The van der Waals surface area contributed by atoms with Crippen molar-refractivity contribution >= 4 is 27.5 Å². The number of aliphatic hydroxyl groups is 1. The first-order valence-corrected chi connectivity index (χ1v) is 9.86. The largest absolute Gasteiger partial charge is 0.466 e. The number of hydrogen-bond donors (Lipinski definition) is 1. The molecule has 4 rings (SSSR count). The van der Waals surface area contributed by atoms with Crippen molar-refractivity contribution in [3.05, 3.63) is 96.1 Å². The molecule has 0 fully saturated rings. The molecule has 0 spiro atoms. The van der Waals surface area contributed by atoms with Crippen molar-refractivity contribution in [2.24, 2.45) is 0 Å². The Labute approximate surface area is 171 Å². The Bertz CT molecular complexity index is 1070. The van der Waals surface area contributed by atoms with Gasteiger partial charge < -0.3 is 9.84 Å². The van der Waals surface area contributed by atoms with E-state index in [0.717, 1.165) is 12.8 Å². The summed E-state index contributed by atoms with van der Waals surface area (Å²) in [6.45, 7) is 2.10. The van der Waals surface area contributed by atoms with Crippen LogP contribution in [-0.2, 0) is 22.4 Å². The van der Waals surface area contributed by atoms with Gasteiger partial charge in [-0.3, -0.25) is 4.79 Å². The van der Waals surface area contributed by atoms with Crippen molar-refractivity contribution in [2.75, 3.05) is 13.2 Å². The number of carbonyl (C=O) groups is 1. The highest BCUT2D eigenvalue weighted by molar-refractivity contribution is 5.86. The molecule has 0 heterocycles. The van der Waals surface area contributed by atoms with Gasteiger partial charge in [0.25, 0.3) is 0 Å². The Balaban J connectivity index is 0.000000169. The SMILES string of the molecule is CC(=O)OCCc1cccc2ccccc12.OCCc1cccc2ccccc12. The van der Waals surface area contributed by atoms with E-state index in [1.165, 1.54) is 39.6 Å². The molecule has 4 aromatic rings. The maximum atomic E-state index is 10.7. The van der Waals surface area contributed by atoms with Gasteiger partial charge in [-0.15, -0.1) is 0 Å². The number of rotatable bonds is 5. The van der Waals surface area contributed by atoms with Gasteiger partial charge in [0.1, 0.15) is 0 Å². The predicted molar refractivity (Wildman–Crippen MR) is 119 cm³/mol. The molecule has 0 atom stereocenters. The molecule has 0 aliphatic heterocycles. The molecule has 0 aliphatic rings. The van der Waals surface area contributed by atoms with Crippen LogP contribution < -0.4 is 0 Å². The Morgan fingerprint density at radius 3 is 1.72 bits per heavy atom. The minimum absolute atomic E-state index is 0.216. The van der Waals surface area contributed by atoms with E-state index in [2.05, 4.69) is 48.5 Å². The van der Waals surface area contributed by atoms with E-state index in [4.69, 9.17) is 9.84 Å². The molecule has 3 nitrogen and oxygen atoms in total. The van der Waals surface area contributed by atoms with E-state index in [0.29, 0.717) is 6.61 Å². The van der Waals surface area contributed by atoms with Gasteiger partial charge in [0.05, 0.1) is 6.61 Å². The van der Waals surface area contributed by atoms with Crippen LogP contribution in [0.5, 0.6) is 0 Å². The van der Waals surface area contributed by atoms with E-state index >= 15 is 0 Å². The van der Waals surface area contributed by atoms with E-state index in [-0.39, 0.29) is 12.6 Å².